The SMILES string of the molecule is CCn1c(SC(C)C(N)=O)nnc1-c1cccs1. The van der Waals surface area contributed by atoms with Gasteiger partial charge in [-0.2, -0.15) is 0 Å². The van der Waals surface area contributed by atoms with Crippen LogP contribution in [0.25, 0.3) is 10.7 Å². The van der Waals surface area contributed by atoms with Crippen LogP contribution < -0.4 is 5.73 Å². The summed E-state index contributed by atoms with van der Waals surface area (Å²) in [6.07, 6.45) is 0. The van der Waals surface area contributed by atoms with Gasteiger partial charge in [-0.1, -0.05) is 17.8 Å². The highest BCUT2D eigenvalue weighted by Crippen LogP contribution is 2.28. The molecule has 2 rings (SSSR count). The van der Waals surface area contributed by atoms with Gasteiger partial charge in [-0.25, -0.2) is 0 Å². The Balaban J connectivity index is 2.30. The number of carbonyl (C=O) groups is 1. The van der Waals surface area contributed by atoms with Crippen molar-refractivity contribution in [2.75, 3.05) is 0 Å². The molecule has 0 aliphatic rings. The molecule has 0 spiro atoms. The summed E-state index contributed by atoms with van der Waals surface area (Å²) in [5, 5.41) is 10.8. The molecule has 5 nitrogen and oxygen atoms in total. The molecule has 0 radical (unpaired) electrons. The van der Waals surface area contributed by atoms with Crippen molar-refractivity contribution in [1.82, 2.24) is 14.8 Å². The fourth-order valence-electron chi connectivity index (χ4n) is 1.47. The smallest absolute Gasteiger partial charge is 0.230 e. The number of carbonyl (C=O) groups excluding carboxylic acids is 1. The lowest BCUT2D eigenvalue weighted by Gasteiger charge is -2.08. The van der Waals surface area contributed by atoms with Gasteiger partial charge in [0, 0.05) is 6.54 Å². The van der Waals surface area contributed by atoms with Crippen LogP contribution in [0.3, 0.4) is 0 Å². The molecule has 1 unspecified atom stereocenters. The van der Waals surface area contributed by atoms with Gasteiger partial charge in [-0.15, -0.1) is 21.5 Å². The minimum Gasteiger partial charge on any atom is -0.369 e. The van der Waals surface area contributed by atoms with Crippen molar-refractivity contribution in [2.45, 2.75) is 30.8 Å². The van der Waals surface area contributed by atoms with E-state index in [1.165, 1.54) is 11.8 Å². The van der Waals surface area contributed by atoms with Gasteiger partial charge < -0.3 is 10.3 Å². The number of hydrogen-bond donors (Lipinski definition) is 1. The maximum absolute atomic E-state index is 11.1. The zero-order valence-corrected chi connectivity index (χ0v) is 11.8. The molecule has 2 aromatic rings. The summed E-state index contributed by atoms with van der Waals surface area (Å²) in [6.45, 7) is 4.56. The summed E-state index contributed by atoms with van der Waals surface area (Å²) in [4.78, 5) is 12.2. The quantitative estimate of drug-likeness (QED) is 0.851. The number of aromatic nitrogens is 3. The average Bonchev–Trinajstić information content (AvgIpc) is 2.96. The maximum Gasteiger partial charge on any atom is 0.230 e. The molecule has 0 aromatic carbocycles. The van der Waals surface area contributed by atoms with Crippen LogP contribution >= 0.6 is 23.1 Å². The molecule has 18 heavy (non-hydrogen) atoms. The molecular formula is C11H14N4OS2. The van der Waals surface area contributed by atoms with Crippen molar-refractivity contribution in [3.63, 3.8) is 0 Å². The van der Waals surface area contributed by atoms with Crippen LogP contribution in [0.15, 0.2) is 22.7 Å². The van der Waals surface area contributed by atoms with E-state index in [0.29, 0.717) is 0 Å². The number of hydrogen-bond acceptors (Lipinski definition) is 5. The van der Waals surface area contributed by atoms with Gasteiger partial charge in [0.25, 0.3) is 0 Å². The third kappa shape index (κ3) is 2.56. The first-order chi connectivity index (χ1) is 8.63. The van der Waals surface area contributed by atoms with E-state index in [9.17, 15) is 4.79 Å². The molecule has 0 bridgehead atoms. The molecule has 2 N–H and O–H groups in total. The number of nitrogens with zero attached hydrogens (tertiary/aromatic N) is 3. The number of thiophene rings is 1. The molecule has 0 aliphatic heterocycles. The highest BCUT2D eigenvalue weighted by atomic mass is 32.2. The zero-order valence-electron chi connectivity index (χ0n) is 10.2. The van der Waals surface area contributed by atoms with E-state index in [4.69, 9.17) is 5.73 Å². The number of nitrogens with two attached hydrogens (primary N) is 1. The standard InChI is InChI=1S/C11H14N4OS2/c1-3-15-10(8-5-4-6-17-8)13-14-11(15)18-7(2)9(12)16/h4-7H,3H2,1-2H3,(H2,12,16). The Morgan fingerprint density at radius 1 is 1.61 bits per heavy atom. The molecule has 0 aliphatic carbocycles. The van der Waals surface area contributed by atoms with Crippen LogP contribution in [0.1, 0.15) is 13.8 Å². The molecular weight excluding hydrogens is 268 g/mol. The molecule has 0 saturated heterocycles. The van der Waals surface area contributed by atoms with Gasteiger partial charge in [-0.05, 0) is 25.3 Å². The first-order valence-electron chi connectivity index (χ1n) is 5.56. The van der Waals surface area contributed by atoms with E-state index in [1.807, 2.05) is 29.0 Å². The van der Waals surface area contributed by atoms with E-state index < -0.39 is 0 Å². The van der Waals surface area contributed by atoms with Crippen molar-refractivity contribution < 1.29 is 4.79 Å². The normalized spacial score (nSPS) is 12.6. The summed E-state index contributed by atoms with van der Waals surface area (Å²) < 4.78 is 2.00. The van der Waals surface area contributed by atoms with Crippen molar-refractivity contribution in [1.29, 1.82) is 0 Å². The maximum atomic E-state index is 11.1. The molecule has 1 amide bonds. The first-order valence-corrected chi connectivity index (χ1v) is 7.32. The van der Waals surface area contributed by atoms with Crippen LogP contribution in [0.4, 0.5) is 0 Å². The molecule has 0 saturated carbocycles. The van der Waals surface area contributed by atoms with Crippen molar-refractivity contribution in [2.24, 2.45) is 5.73 Å². The van der Waals surface area contributed by atoms with Gasteiger partial charge >= 0.3 is 0 Å². The summed E-state index contributed by atoms with van der Waals surface area (Å²) in [6, 6.07) is 3.99. The zero-order chi connectivity index (χ0) is 13.1. The topological polar surface area (TPSA) is 73.8 Å². The van der Waals surface area contributed by atoms with E-state index in [2.05, 4.69) is 10.2 Å². The number of amides is 1. The Labute approximate surface area is 113 Å². The highest BCUT2D eigenvalue weighted by Gasteiger charge is 2.18. The largest absolute Gasteiger partial charge is 0.369 e. The Morgan fingerprint density at radius 2 is 2.39 bits per heavy atom. The number of primary amides is 1. The predicted molar refractivity (Wildman–Crippen MR) is 73.5 cm³/mol. The van der Waals surface area contributed by atoms with Gasteiger partial charge in [0.2, 0.25) is 5.91 Å². The second-order valence-electron chi connectivity index (χ2n) is 3.69. The van der Waals surface area contributed by atoms with E-state index in [1.54, 1.807) is 18.3 Å². The molecule has 1 atom stereocenters. The summed E-state index contributed by atoms with van der Waals surface area (Å²) >= 11 is 2.96. The Hall–Kier alpha value is -1.34. The average molecular weight is 282 g/mol. The summed E-state index contributed by atoms with van der Waals surface area (Å²) in [5.41, 5.74) is 5.26. The summed E-state index contributed by atoms with van der Waals surface area (Å²) in [5.74, 6) is 0.495. The second-order valence-corrected chi connectivity index (χ2v) is 5.95. The fourth-order valence-corrected chi connectivity index (χ4v) is 3.05. The Bertz CT molecular complexity index is 535. The molecule has 2 aromatic heterocycles. The minimum absolute atomic E-state index is 0.310. The van der Waals surface area contributed by atoms with E-state index in [0.717, 1.165) is 22.4 Å². The van der Waals surface area contributed by atoms with E-state index >= 15 is 0 Å². The monoisotopic (exact) mass is 282 g/mol. The molecule has 2 heterocycles. The van der Waals surface area contributed by atoms with Gasteiger partial charge in [-0.3, -0.25) is 4.79 Å². The lowest BCUT2D eigenvalue weighted by molar-refractivity contribution is -0.117. The predicted octanol–water partition coefficient (Wildman–Crippen LogP) is 1.99. The number of rotatable bonds is 5. The lowest BCUT2D eigenvalue weighted by atomic mass is 10.4. The van der Waals surface area contributed by atoms with Crippen LogP contribution in [0.2, 0.25) is 0 Å². The van der Waals surface area contributed by atoms with Gasteiger partial charge in [0.15, 0.2) is 11.0 Å². The van der Waals surface area contributed by atoms with Crippen molar-refractivity contribution in [3.8, 4) is 10.7 Å². The first kappa shape index (κ1) is 13.1. The lowest BCUT2D eigenvalue weighted by Crippen LogP contribution is -2.23. The van der Waals surface area contributed by atoms with Crippen LogP contribution in [-0.4, -0.2) is 25.9 Å². The van der Waals surface area contributed by atoms with Crippen LogP contribution in [0.5, 0.6) is 0 Å². The third-order valence-electron chi connectivity index (χ3n) is 2.46. The van der Waals surface area contributed by atoms with Crippen LogP contribution in [0, 0.1) is 0 Å². The van der Waals surface area contributed by atoms with Crippen LogP contribution in [-0.2, 0) is 11.3 Å². The number of thioether (sulfide) groups is 1. The van der Waals surface area contributed by atoms with E-state index in [-0.39, 0.29) is 11.2 Å². The Kier molecular flexibility index (Phi) is 4.03. The van der Waals surface area contributed by atoms with Gasteiger partial charge in [0.1, 0.15) is 0 Å². The van der Waals surface area contributed by atoms with Crippen molar-refractivity contribution >= 4 is 29.0 Å². The second kappa shape index (κ2) is 5.53. The highest BCUT2D eigenvalue weighted by molar-refractivity contribution is 8.00. The third-order valence-corrected chi connectivity index (χ3v) is 4.42. The Morgan fingerprint density at radius 3 is 2.94 bits per heavy atom. The molecule has 0 fully saturated rings. The van der Waals surface area contributed by atoms with Gasteiger partial charge in [0.05, 0.1) is 10.1 Å². The molecule has 96 valence electrons. The fraction of sp³-hybridized carbons (Fsp3) is 0.364. The summed E-state index contributed by atoms with van der Waals surface area (Å²) in [7, 11) is 0. The minimum atomic E-state index is -0.344. The van der Waals surface area contributed by atoms with Crippen molar-refractivity contribution in [3.05, 3.63) is 17.5 Å². The molecule has 7 heteroatoms.